The number of aliphatic carboxylic acids is 1. The molecule has 0 aromatic heterocycles. The molecule has 9 atom stereocenters. The molecule has 2 aliphatic rings. The summed E-state index contributed by atoms with van der Waals surface area (Å²) in [5, 5.41) is 60.8. The number of ether oxygens (including phenoxy) is 2. The molecule has 0 aliphatic carbocycles. The highest BCUT2D eigenvalue weighted by atomic mass is 32.2. The standard InChI is InChI=1S/C35H32FNO11S/c36-21-12-9-18(10-13-21)25(39)17-49(46)32-27(37(33(32)43)22-6-2-1-3-7-22)24-14-11-20(19-5-4-8-23(38)15-19)16-26(24)47-35-30(42)28(40)29(41)31(48-35)34(44)45/h1-16,25,27-32,35,38-42H,17H2,(H,44,45)/t25-,27+,28?,29?,30?,31?,32+,35+,49?/m0/s1. The third-order valence-corrected chi connectivity index (χ3v) is 10.2. The highest BCUT2D eigenvalue weighted by Gasteiger charge is 2.54. The van der Waals surface area contributed by atoms with Crippen LogP contribution in [0.2, 0.25) is 0 Å². The Hall–Kier alpha value is -4.70. The van der Waals surface area contributed by atoms with Crippen LogP contribution in [0.15, 0.2) is 97.1 Å². The number of hydrogen-bond acceptors (Lipinski definition) is 10. The first-order valence-electron chi connectivity index (χ1n) is 15.2. The number of phenols is 1. The van der Waals surface area contributed by atoms with E-state index >= 15 is 0 Å². The Morgan fingerprint density at radius 1 is 0.898 bits per heavy atom. The zero-order valence-electron chi connectivity index (χ0n) is 25.5. The van der Waals surface area contributed by atoms with Crippen molar-refractivity contribution in [1.82, 2.24) is 0 Å². The van der Waals surface area contributed by atoms with Gasteiger partial charge < -0.3 is 45.0 Å². The smallest absolute Gasteiger partial charge is 0.335 e. The van der Waals surface area contributed by atoms with Crippen LogP contribution in [0.4, 0.5) is 10.1 Å². The minimum Gasteiger partial charge on any atom is -0.508 e. The lowest BCUT2D eigenvalue weighted by Crippen LogP contribution is -2.62. The summed E-state index contributed by atoms with van der Waals surface area (Å²) < 4.78 is 38.8. The summed E-state index contributed by atoms with van der Waals surface area (Å²) in [6, 6.07) is 23.5. The molecule has 6 rings (SSSR count). The maximum atomic E-state index is 13.9. The quantitative estimate of drug-likeness (QED) is 0.134. The van der Waals surface area contributed by atoms with E-state index in [1.54, 1.807) is 54.6 Å². The molecule has 2 aliphatic heterocycles. The number of aromatic hydroxyl groups is 1. The van der Waals surface area contributed by atoms with Crippen molar-refractivity contribution >= 4 is 28.4 Å². The number of phenolic OH excluding ortho intramolecular Hbond substituents is 1. The van der Waals surface area contributed by atoms with Crippen molar-refractivity contribution in [3.8, 4) is 22.6 Å². The molecule has 5 unspecified atom stereocenters. The summed E-state index contributed by atoms with van der Waals surface area (Å²) in [5.41, 5.74) is 2.02. The third-order valence-electron chi connectivity index (χ3n) is 8.51. The topological polar surface area (TPSA) is 194 Å². The summed E-state index contributed by atoms with van der Waals surface area (Å²) in [6.07, 6.45) is -10.9. The van der Waals surface area contributed by atoms with E-state index in [-0.39, 0.29) is 22.8 Å². The van der Waals surface area contributed by atoms with Gasteiger partial charge in [-0.05, 0) is 59.2 Å². The largest absolute Gasteiger partial charge is 0.508 e. The molecule has 0 saturated carbocycles. The van der Waals surface area contributed by atoms with Crippen molar-refractivity contribution in [2.24, 2.45) is 0 Å². The number of benzene rings is 4. The Balaban J connectivity index is 1.42. The molecule has 0 spiro atoms. The van der Waals surface area contributed by atoms with E-state index in [1.807, 2.05) is 0 Å². The van der Waals surface area contributed by atoms with Crippen molar-refractivity contribution in [2.75, 3.05) is 10.7 Å². The van der Waals surface area contributed by atoms with Gasteiger partial charge >= 0.3 is 5.97 Å². The number of halogens is 1. The summed E-state index contributed by atoms with van der Waals surface area (Å²) >= 11 is 0. The number of nitrogens with zero attached hydrogens (tertiary/aromatic N) is 1. The normalized spacial score (nSPS) is 26.4. The average molecular weight is 694 g/mol. The Morgan fingerprint density at radius 3 is 2.27 bits per heavy atom. The van der Waals surface area contributed by atoms with Crippen LogP contribution in [0, 0.1) is 5.82 Å². The number of β-lactam (4-membered cyclic amide) rings is 1. The number of rotatable bonds is 10. The van der Waals surface area contributed by atoms with E-state index in [1.165, 1.54) is 35.2 Å². The Bertz CT molecular complexity index is 1860. The van der Waals surface area contributed by atoms with Crippen molar-refractivity contribution in [3.63, 3.8) is 0 Å². The SMILES string of the molecule is O=C(O)C1O[C@@H](Oc2cc(-c3cccc(O)c3)ccc2[C@@H]2[C@@H](S(=O)C[C@H](O)c3ccc(F)cc3)C(=O)N2c2ccccc2)C(O)C(O)C1O. The molecule has 256 valence electrons. The molecule has 49 heavy (non-hydrogen) atoms. The van der Waals surface area contributed by atoms with E-state index in [4.69, 9.17) is 9.47 Å². The van der Waals surface area contributed by atoms with Gasteiger partial charge in [-0.3, -0.25) is 9.00 Å². The van der Waals surface area contributed by atoms with E-state index < -0.39 is 76.6 Å². The molecule has 6 N–H and O–H groups in total. The number of carbonyl (C=O) groups is 2. The van der Waals surface area contributed by atoms with Crippen LogP contribution in [0.3, 0.4) is 0 Å². The molecule has 2 heterocycles. The molecular formula is C35H32FNO11S. The fourth-order valence-corrected chi connectivity index (χ4v) is 7.56. The van der Waals surface area contributed by atoms with Crippen LogP contribution in [0.25, 0.3) is 11.1 Å². The molecule has 4 aromatic rings. The van der Waals surface area contributed by atoms with E-state index in [9.17, 15) is 48.8 Å². The Kier molecular flexibility index (Phi) is 9.79. The van der Waals surface area contributed by atoms with E-state index in [0.29, 0.717) is 22.4 Å². The average Bonchev–Trinajstić information content (AvgIpc) is 3.08. The number of aliphatic hydroxyl groups excluding tert-OH is 4. The van der Waals surface area contributed by atoms with Crippen LogP contribution in [-0.2, 0) is 25.1 Å². The van der Waals surface area contributed by atoms with Gasteiger partial charge in [-0.1, -0.05) is 54.6 Å². The van der Waals surface area contributed by atoms with Crippen LogP contribution in [0.1, 0.15) is 23.3 Å². The first kappa shape index (κ1) is 34.2. The highest BCUT2D eigenvalue weighted by molar-refractivity contribution is 7.86. The number of aliphatic hydroxyl groups is 4. The second kappa shape index (κ2) is 14.0. The number of hydrogen-bond donors (Lipinski definition) is 6. The third kappa shape index (κ3) is 6.79. The number of para-hydroxylation sites is 1. The predicted molar refractivity (Wildman–Crippen MR) is 173 cm³/mol. The highest BCUT2D eigenvalue weighted by Crippen LogP contribution is 2.47. The fourth-order valence-electron chi connectivity index (χ4n) is 5.96. The zero-order valence-corrected chi connectivity index (χ0v) is 26.3. The maximum absolute atomic E-state index is 13.9. The van der Waals surface area contributed by atoms with Gasteiger partial charge in [-0.2, -0.15) is 0 Å². The van der Waals surface area contributed by atoms with Crippen molar-refractivity contribution < 1.29 is 58.3 Å². The van der Waals surface area contributed by atoms with Crippen molar-refractivity contribution in [2.45, 2.75) is 48.1 Å². The predicted octanol–water partition coefficient (Wildman–Crippen LogP) is 2.41. The van der Waals surface area contributed by atoms with Crippen LogP contribution in [-0.4, -0.2) is 88.4 Å². The summed E-state index contributed by atoms with van der Waals surface area (Å²) in [5.74, 6) is -3.12. The number of amides is 1. The van der Waals surface area contributed by atoms with Gasteiger partial charge in [0.25, 0.3) is 0 Å². The van der Waals surface area contributed by atoms with Gasteiger partial charge in [0.1, 0.15) is 40.9 Å². The van der Waals surface area contributed by atoms with Gasteiger partial charge in [0, 0.05) is 22.1 Å². The van der Waals surface area contributed by atoms with Gasteiger partial charge in [-0.15, -0.1) is 0 Å². The number of carbonyl (C=O) groups excluding carboxylic acids is 1. The van der Waals surface area contributed by atoms with Crippen molar-refractivity contribution in [3.05, 3.63) is 114 Å². The maximum Gasteiger partial charge on any atom is 0.335 e. The van der Waals surface area contributed by atoms with E-state index in [0.717, 1.165) is 12.1 Å². The second-order valence-corrected chi connectivity index (χ2v) is 13.3. The lowest BCUT2D eigenvalue weighted by molar-refractivity contribution is -0.271. The lowest BCUT2D eigenvalue weighted by Gasteiger charge is -2.47. The summed E-state index contributed by atoms with van der Waals surface area (Å²) in [4.78, 5) is 27.0. The molecule has 14 heteroatoms. The van der Waals surface area contributed by atoms with Gasteiger partial charge in [0.15, 0.2) is 6.10 Å². The molecule has 0 radical (unpaired) electrons. The number of anilines is 1. The number of carboxylic acids is 1. The minimum absolute atomic E-state index is 0.0356. The van der Waals surface area contributed by atoms with Crippen LogP contribution >= 0.6 is 0 Å². The lowest BCUT2D eigenvalue weighted by atomic mass is 9.90. The molecule has 0 bridgehead atoms. The fraction of sp³-hybridized carbons (Fsp3) is 0.257. The molecule has 4 aromatic carbocycles. The molecule has 12 nitrogen and oxygen atoms in total. The summed E-state index contributed by atoms with van der Waals surface area (Å²) in [6.45, 7) is 0. The molecule has 2 saturated heterocycles. The van der Waals surface area contributed by atoms with Crippen LogP contribution in [0.5, 0.6) is 11.5 Å². The van der Waals surface area contributed by atoms with Gasteiger partial charge in [0.2, 0.25) is 12.2 Å². The number of carboxylic acid groups (broad SMARTS) is 1. The molecular weight excluding hydrogens is 661 g/mol. The Labute approximate surface area is 281 Å². The van der Waals surface area contributed by atoms with Crippen LogP contribution < -0.4 is 9.64 Å². The van der Waals surface area contributed by atoms with E-state index in [2.05, 4.69) is 0 Å². The monoisotopic (exact) mass is 693 g/mol. The van der Waals surface area contributed by atoms with Gasteiger partial charge in [0.05, 0.1) is 17.9 Å². The van der Waals surface area contributed by atoms with Gasteiger partial charge in [-0.25, -0.2) is 9.18 Å². The van der Waals surface area contributed by atoms with Crippen molar-refractivity contribution in [1.29, 1.82) is 0 Å². The first-order chi connectivity index (χ1) is 23.4. The summed E-state index contributed by atoms with van der Waals surface area (Å²) in [7, 11) is -2.01. The zero-order chi connectivity index (χ0) is 35.0. The Morgan fingerprint density at radius 2 is 1.59 bits per heavy atom. The minimum atomic E-state index is -2.01. The first-order valence-corrected chi connectivity index (χ1v) is 16.5. The second-order valence-electron chi connectivity index (χ2n) is 11.7. The molecule has 2 fully saturated rings. The molecule has 1 amide bonds.